The Hall–Kier alpha value is -6.64. The summed E-state index contributed by atoms with van der Waals surface area (Å²) in [5.74, 6) is 0. The highest BCUT2D eigenvalue weighted by Crippen LogP contribution is 2.48. The minimum atomic E-state index is 0.883. The molecule has 0 fully saturated rings. The van der Waals surface area contributed by atoms with Crippen molar-refractivity contribution < 1.29 is 4.42 Å². The van der Waals surface area contributed by atoms with Gasteiger partial charge in [0.15, 0.2) is 0 Å². The molecule has 9 aromatic carbocycles. The van der Waals surface area contributed by atoms with Gasteiger partial charge in [-0.15, -0.1) is 0 Å². The van der Waals surface area contributed by atoms with Crippen LogP contribution in [-0.4, -0.2) is 0 Å². The van der Waals surface area contributed by atoms with Crippen LogP contribution in [0.15, 0.2) is 192 Å². The number of rotatable bonds is 5. The largest absolute Gasteiger partial charge is 0.455 e. The van der Waals surface area contributed by atoms with Crippen LogP contribution in [-0.2, 0) is 0 Å². The molecular weight excluding hydrogens is 607 g/mol. The standard InChI is InChI=1S/C48H31NO/c1-3-13-32(14-4-1)40-28-27-38(31-43(40)33-15-5-2-6-16-33)49(37-26-25-35-24-23-34-17-7-9-19-39(34)44(35)30-37)45-29-36-18-8-10-20-41(36)48-47(45)42-21-11-12-22-46(42)50-48/h1-31H. The first-order valence-corrected chi connectivity index (χ1v) is 17.1. The summed E-state index contributed by atoms with van der Waals surface area (Å²) in [4.78, 5) is 2.43. The van der Waals surface area contributed by atoms with Crippen LogP contribution < -0.4 is 4.90 Å². The topological polar surface area (TPSA) is 16.4 Å². The number of anilines is 3. The predicted molar refractivity (Wildman–Crippen MR) is 212 cm³/mol. The molecule has 1 heterocycles. The Morgan fingerprint density at radius 1 is 0.360 bits per heavy atom. The lowest BCUT2D eigenvalue weighted by Crippen LogP contribution is -2.11. The summed E-state index contributed by atoms with van der Waals surface area (Å²) in [5.41, 5.74) is 9.77. The first kappa shape index (κ1) is 28.4. The number of nitrogens with zero attached hydrogens (tertiary/aromatic N) is 1. The van der Waals surface area contributed by atoms with Crippen LogP contribution in [0.3, 0.4) is 0 Å². The molecule has 10 rings (SSSR count). The summed E-state index contributed by atoms with van der Waals surface area (Å²) in [6, 6.07) is 67.6. The Balaban J connectivity index is 1.32. The number of fused-ring (bicyclic) bond motifs is 8. The van der Waals surface area contributed by atoms with E-state index in [0.717, 1.165) is 49.8 Å². The molecule has 0 radical (unpaired) electrons. The predicted octanol–water partition coefficient (Wildman–Crippen LogP) is 13.8. The Labute approximate surface area is 290 Å². The molecule has 0 atom stereocenters. The number of furan rings is 1. The highest BCUT2D eigenvalue weighted by molar-refractivity contribution is 6.22. The summed E-state index contributed by atoms with van der Waals surface area (Å²) < 4.78 is 6.70. The van der Waals surface area contributed by atoms with Gasteiger partial charge in [0.2, 0.25) is 0 Å². The van der Waals surface area contributed by atoms with Gasteiger partial charge in [-0.25, -0.2) is 0 Å². The third-order valence-corrected chi connectivity index (χ3v) is 10.0. The molecule has 0 unspecified atom stereocenters. The van der Waals surface area contributed by atoms with Gasteiger partial charge in [-0.3, -0.25) is 0 Å². The number of para-hydroxylation sites is 1. The highest BCUT2D eigenvalue weighted by atomic mass is 16.3. The van der Waals surface area contributed by atoms with E-state index in [1.165, 1.54) is 43.8 Å². The molecule has 0 bridgehead atoms. The van der Waals surface area contributed by atoms with Crippen molar-refractivity contribution in [2.75, 3.05) is 4.90 Å². The van der Waals surface area contributed by atoms with E-state index in [9.17, 15) is 0 Å². The molecule has 0 saturated carbocycles. The lowest BCUT2D eigenvalue weighted by molar-refractivity contribution is 0.672. The van der Waals surface area contributed by atoms with Crippen molar-refractivity contribution in [3.63, 3.8) is 0 Å². The maximum Gasteiger partial charge on any atom is 0.145 e. The van der Waals surface area contributed by atoms with Crippen molar-refractivity contribution in [1.82, 2.24) is 0 Å². The lowest BCUT2D eigenvalue weighted by Gasteiger charge is -2.28. The minimum absolute atomic E-state index is 0.883. The molecule has 0 amide bonds. The molecule has 0 spiro atoms. The Morgan fingerprint density at radius 3 is 1.70 bits per heavy atom. The van der Waals surface area contributed by atoms with Gasteiger partial charge in [0.1, 0.15) is 11.2 Å². The van der Waals surface area contributed by atoms with Crippen molar-refractivity contribution in [3.8, 4) is 22.3 Å². The molecule has 0 aliphatic carbocycles. The van der Waals surface area contributed by atoms with Gasteiger partial charge in [-0.2, -0.15) is 0 Å². The zero-order chi connectivity index (χ0) is 33.0. The van der Waals surface area contributed by atoms with Crippen LogP contribution in [0.5, 0.6) is 0 Å². The normalized spacial score (nSPS) is 11.6. The smallest absolute Gasteiger partial charge is 0.145 e. The first-order chi connectivity index (χ1) is 24.8. The van der Waals surface area contributed by atoms with Crippen molar-refractivity contribution in [2.45, 2.75) is 0 Å². The maximum absolute atomic E-state index is 6.70. The fourth-order valence-electron chi connectivity index (χ4n) is 7.67. The van der Waals surface area contributed by atoms with E-state index in [4.69, 9.17) is 4.42 Å². The van der Waals surface area contributed by atoms with E-state index in [1.807, 2.05) is 6.07 Å². The number of hydrogen-bond donors (Lipinski definition) is 0. The summed E-state index contributed by atoms with van der Waals surface area (Å²) in [6.45, 7) is 0. The molecular formula is C48H31NO. The second kappa shape index (κ2) is 11.5. The van der Waals surface area contributed by atoms with E-state index in [1.54, 1.807) is 0 Å². The van der Waals surface area contributed by atoms with E-state index in [2.05, 4.69) is 187 Å². The Morgan fingerprint density at radius 2 is 0.920 bits per heavy atom. The molecule has 2 heteroatoms. The molecule has 0 saturated heterocycles. The third-order valence-electron chi connectivity index (χ3n) is 10.0. The van der Waals surface area contributed by atoms with Crippen LogP contribution >= 0.6 is 0 Å². The van der Waals surface area contributed by atoms with Gasteiger partial charge in [-0.1, -0.05) is 152 Å². The van der Waals surface area contributed by atoms with E-state index < -0.39 is 0 Å². The maximum atomic E-state index is 6.70. The summed E-state index contributed by atoms with van der Waals surface area (Å²) >= 11 is 0. The fourth-order valence-corrected chi connectivity index (χ4v) is 7.67. The summed E-state index contributed by atoms with van der Waals surface area (Å²) in [5, 5.41) is 9.36. The lowest BCUT2D eigenvalue weighted by atomic mass is 9.93. The van der Waals surface area contributed by atoms with Crippen LogP contribution in [0.4, 0.5) is 17.1 Å². The Kier molecular flexibility index (Phi) is 6.53. The van der Waals surface area contributed by atoms with E-state index >= 15 is 0 Å². The van der Waals surface area contributed by atoms with Crippen LogP contribution in [0.2, 0.25) is 0 Å². The summed E-state index contributed by atoms with van der Waals surface area (Å²) in [6.07, 6.45) is 0. The zero-order valence-electron chi connectivity index (χ0n) is 27.3. The third kappa shape index (κ3) is 4.57. The van der Waals surface area contributed by atoms with Crippen LogP contribution in [0.1, 0.15) is 0 Å². The molecule has 0 N–H and O–H groups in total. The zero-order valence-corrected chi connectivity index (χ0v) is 27.3. The van der Waals surface area contributed by atoms with Gasteiger partial charge >= 0.3 is 0 Å². The molecule has 2 nitrogen and oxygen atoms in total. The van der Waals surface area contributed by atoms with Crippen LogP contribution in [0, 0.1) is 0 Å². The molecule has 50 heavy (non-hydrogen) atoms. The first-order valence-electron chi connectivity index (χ1n) is 17.1. The van der Waals surface area contributed by atoms with Crippen LogP contribution in [0.25, 0.3) is 76.5 Å². The highest BCUT2D eigenvalue weighted by Gasteiger charge is 2.23. The summed E-state index contributed by atoms with van der Waals surface area (Å²) in [7, 11) is 0. The molecule has 10 aromatic rings. The Bertz CT molecular complexity index is 2870. The quantitative estimate of drug-likeness (QED) is 0.175. The SMILES string of the molecule is c1ccc(-c2ccc(N(c3ccc4ccc5ccccc5c4c3)c3cc4ccccc4c4oc5ccccc5c34)cc2-c2ccccc2)cc1. The van der Waals surface area contributed by atoms with E-state index in [0.29, 0.717) is 0 Å². The second-order valence-corrected chi connectivity index (χ2v) is 12.9. The van der Waals surface area contributed by atoms with Gasteiger partial charge in [0, 0.05) is 22.1 Å². The molecule has 0 aliphatic heterocycles. The van der Waals surface area contributed by atoms with Gasteiger partial charge in [0.05, 0.1) is 11.1 Å². The van der Waals surface area contributed by atoms with Crippen molar-refractivity contribution >= 4 is 71.3 Å². The monoisotopic (exact) mass is 637 g/mol. The van der Waals surface area contributed by atoms with Gasteiger partial charge < -0.3 is 9.32 Å². The van der Waals surface area contributed by atoms with Crippen molar-refractivity contribution in [2.24, 2.45) is 0 Å². The minimum Gasteiger partial charge on any atom is -0.455 e. The molecule has 0 aliphatic rings. The fraction of sp³-hybridized carbons (Fsp3) is 0. The van der Waals surface area contributed by atoms with Gasteiger partial charge in [-0.05, 0) is 85.6 Å². The molecule has 1 aromatic heterocycles. The van der Waals surface area contributed by atoms with Gasteiger partial charge in [0.25, 0.3) is 0 Å². The average Bonchev–Trinajstić information content (AvgIpc) is 3.59. The van der Waals surface area contributed by atoms with Crippen molar-refractivity contribution in [3.05, 3.63) is 188 Å². The number of hydrogen-bond acceptors (Lipinski definition) is 2. The van der Waals surface area contributed by atoms with Crippen molar-refractivity contribution in [1.29, 1.82) is 0 Å². The van der Waals surface area contributed by atoms with E-state index in [-0.39, 0.29) is 0 Å². The number of benzene rings is 9. The second-order valence-electron chi connectivity index (χ2n) is 12.9. The molecule has 234 valence electrons. The average molecular weight is 638 g/mol.